The summed E-state index contributed by atoms with van der Waals surface area (Å²) in [5, 5.41) is 16.9. The van der Waals surface area contributed by atoms with E-state index in [9.17, 15) is 5.11 Å². The Labute approximate surface area is 220 Å². The van der Waals surface area contributed by atoms with E-state index in [4.69, 9.17) is 4.74 Å². The van der Waals surface area contributed by atoms with Crippen molar-refractivity contribution in [1.82, 2.24) is 10.3 Å². The molecular formula is C33H40N2O2. The van der Waals surface area contributed by atoms with Gasteiger partial charge in [-0.3, -0.25) is 4.98 Å². The fraction of sp³-hybridized carbons (Fsp3) is 0.606. The summed E-state index contributed by atoms with van der Waals surface area (Å²) in [7, 11) is 0. The maximum atomic E-state index is 10.6. The number of nitrogens with one attached hydrogen (secondary N) is 1. The van der Waals surface area contributed by atoms with Gasteiger partial charge in [0.2, 0.25) is 0 Å². The van der Waals surface area contributed by atoms with Crippen molar-refractivity contribution >= 4 is 10.8 Å². The van der Waals surface area contributed by atoms with Crippen molar-refractivity contribution in [3.63, 3.8) is 0 Å². The van der Waals surface area contributed by atoms with Crippen molar-refractivity contribution < 1.29 is 9.84 Å². The number of fused-ring (bicyclic) bond motifs is 2. The molecule has 6 atom stereocenters. The summed E-state index contributed by atoms with van der Waals surface area (Å²) < 4.78 is 7.47. The average molecular weight is 497 g/mol. The summed E-state index contributed by atoms with van der Waals surface area (Å²) in [5.74, 6) is 1.12. The molecule has 4 aliphatic carbocycles. The lowest BCUT2D eigenvalue weighted by atomic mass is 9.58. The lowest BCUT2D eigenvalue weighted by Gasteiger charge is -2.54. The summed E-state index contributed by atoms with van der Waals surface area (Å²) in [6.45, 7) is 3.30. The molecule has 2 bridgehead atoms. The third kappa shape index (κ3) is 3.22. The molecule has 0 amide bonds. The second-order valence-corrected chi connectivity index (χ2v) is 13.6. The fourth-order valence-corrected chi connectivity index (χ4v) is 9.55. The van der Waals surface area contributed by atoms with Gasteiger partial charge in [0, 0.05) is 30.4 Å². The Balaban J connectivity index is 1.09. The molecule has 4 heteroatoms. The molecule has 2 aromatic rings. The predicted molar refractivity (Wildman–Crippen MR) is 146 cm³/mol. The first-order valence-electron chi connectivity index (χ1n) is 14.8. The minimum absolute atomic E-state index is 0.0968. The van der Waals surface area contributed by atoms with Gasteiger partial charge in [-0.15, -0.1) is 0 Å². The van der Waals surface area contributed by atoms with E-state index in [1.54, 1.807) is 5.57 Å². The van der Waals surface area contributed by atoms with Gasteiger partial charge in [-0.2, -0.15) is 0 Å². The molecule has 4 fully saturated rings. The van der Waals surface area contributed by atoms with Crippen LogP contribution in [0, 0.1) is 11.3 Å². The third-order valence-electron chi connectivity index (χ3n) is 11.8. The van der Waals surface area contributed by atoms with Gasteiger partial charge in [0.1, 0.15) is 0 Å². The topological polar surface area (TPSA) is 54.4 Å². The second-order valence-electron chi connectivity index (χ2n) is 13.6. The number of hydrogen-bond acceptors (Lipinski definition) is 4. The number of benzene rings is 1. The molecule has 3 saturated carbocycles. The van der Waals surface area contributed by atoms with Crippen LogP contribution in [0.1, 0.15) is 89.0 Å². The summed E-state index contributed by atoms with van der Waals surface area (Å²) >= 11 is 0. The summed E-state index contributed by atoms with van der Waals surface area (Å²) in [5.41, 5.74) is 4.07. The van der Waals surface area contributed by atoms with Crippen LogP contribution in [-0.4, -0.2) is 39.5 Å². The van der Waals surface area contributed by atoms with Crippen molar-refractivity contribution in [2.75, 3.05) is 6.54 Å². The van der Waals surface area contributed by atoms with Crippen molar-refractivity contribution in [3.05, 3.63) is 65.5 Å². The monoisotopic (exact) mass is 496 g/mol. The molecule has 194 valence electrons. The van der Waals surface area contributed by atoms with Gasteiger partial charge in [0.05, 0.1) is 16.8 Å². The normalized spacial score (nSPS) is 41.3. The largest absolute Gasteiger partial charge is 0.389 e. The van der Waals surface area contributed by atoms with Gasteiger partial charge in [-0.1, -0.05) is 31.2 Å². The lowest BCUT2D eigenvalue weighted by molar-refractivity contribution is -0.137. The Morgan fingerprint density at radius 3 is 2.86 bits per heavy atom. The molecule has 37 heavy (non-hydrogen) atoms. The maximum absolute atomic E-state index is 10.6. The SMILES string of the molecule is C[C@]12CC=C3C=C4CC[C@H](NCC5(O)CCC5)C[C@]45CC[C@]3(O5)[C@@H]1CC[C@@H]2c1ccc2ccncc2c1. The Hall–Kier alpha value is -2.01. The van der Waals surface area contributed by atoms with Crippen LogP contribution in [0.2, 0.25) is 0 Å². The van der Waals surface area contributed by atoms with E-state index in [0.717, 1.165) is 64.3 Å². The molecule has 0 unspecified atom stereocenters. The number of pyridine rings is 1. The zero-order chi connectivity index (χ0) is 24.9. The molecule has 3 heterocycles. The van der Waals surface area contributed by atoms with E-state index < -0.39 is 5.60 Å². The highest BCUT2D eigenvalue weighted by Crippen LogP contribution is 2.69. The molecule has 2 N–H and O–H groups in total. The molecule has 8 rings (SSSR count). The predicted octanol–water partition coefficient (Wildman–Crippen LogP) is 6.35. The highest BCUT2D eigenvalue weighted by atomic mass is 16.5. The minimum Gasteiger partial charge on any atom is -0.389 e. The van der Waals surface area contributed by atoms with Crippen LogP contribution in [0.15, 0.2) is 60.0 Å². The van der Waals surface area contributed by atoms with Gasteiger partial charge in [-0.25, -0.2) is 0 Å². The zero-order valence-electron chi connectivity index (χ0n) is 22.1. The van der Waals surface area contributed by atoms with Gasteiger partial charge in [-0.05, 0) is 122 Å². The van der Waals surface area contributed by atoms with Crippen LogP contribution in [-0.2, 0) is 4.74 Å². The molecule has 2 spiro atoms. The van der Waals surface area contributed by atoms with Crippen molar-refractivity contribution in [3.8, 4) is 0 Å². The first-order chi connectivity index (χ1) is 17.9. The Morgan fingerprint density at radius 2 is 2.00 bits per heavy atom. The molecule has 1 saturated heterocycles. The molecule has 1 aromatic carbocycles. The number of ether oxygens (including phenoxy) is 1. The molecule has 6 aliphatic rings. The van der Waals surface area contributed by atoms with Crippen LogP contribution in [0.3, 0.4) is 0 Å². The van der Waals surface area contributed by atoms with E-state index in [2.05, 4.69) is 53.6 Å². The first kappa shape index (κ1) is 22.9. The van der Waals surface area contributed by atoms with Crippen molar-refractivity contribution in [2.24, 2.45) is 11.3 Å². The van der Waals surface area contributed by atoms with Crippen molar-refractivity contribution in [2.45, 2.75) is 106 Å². The molecule has 1 aromatic heterocycles. The summed E-state index contributed by atoms with van der Waals surface area (Å²) in [6, 6.07) is 9.63. The number of aliphatic hydroxyl groups is 1. The van der Waals surface area contributed by atoms with Crippen LogP contribution < -0.4 is 5.32 Å². The van der Waals surface area contributed by atoms with Gasteiger partial charge >= 0.3 is 0 Å². The number of hydrogen-bond donors (Lipinski definition) is 2. The van der Waals surface area contributed by atoms with Crippen LogP contribution >= 0.6 is 0 Å². The zero-order valence-corrected chi connectivity index (χ0v) is 22.1. The Bertz CT molecular complexity index is 1330. The van der Waals surface area contributed by atoms with Gasteiger partial charge < -0.3 is 15.2 Å². The van der Waals surface area contributed by atoms with E-state index in [1.807, 2.05) is 12.4 Å². The molecule has 2 aliphatic heterocycles. The van der Waals surface area contributed by atoms with Crippen LogP contribution in [0.5, 0.6) is 0 Å². The number of allylic oxidation sites excluding steroid dienone is 1. The molecule has 4 nitrogen and oxygen atoms in total. The quantitative estimate of drug-likeness (QED) is 0.518. The summed E-state index contributed by atoms with van der Waals surface area (Å²) in [6.07, 6.45) is 21.4. The standard InChI is InChI=1S/C33H40N2O2/c1-30-13-9-26-18-25-5-6-27(35-21-31(36)11-2-12-31)19-32(25)14-15-33(26,37-32)29(30)8-7-28(30)23-4-3-22-10-16-34-20-24(22)17-23/h3-4,9-10,16-18,20,27-29,35-36H,2,5-8,11-15,19,21H2,1H3/t27-,28+,29+,30+,32+,33+/m0/s1. The third-order valence-corrected chi connectivity index (χ3v) is 11.8. The van der Waals surface area contributed by atoms with E-state index in [0.29, 0.717) is 17.9 Å². The minimum atomic E-state index is -0.461. The van der Waals surface area contributed by atoms with E-state index in [-0.39, 0.29) is 16.6 Å². The van der Waals surface area contributed by atoms with Crippen molar-refractivity contribution in [1.29, 1.82) is 0 Å². The van der Waals surface area contributed by atoms with Gasteiger partial charge in [0.25, 0.3) is 0 Å². The average Bonchev–Trinajstić information content (AvgIpc) is 3.41. The maximum Gasteiger partial charge on any atom is 0.0974 e. The Kier molecular flexibility index (Phi) is 4.82. The summed E-state index contributed by atoms with van der Waals surface area (Å²) in [4.78, 5) is 4.39. The first-order valence-corrected chi connectivity index (χ1v) is 14.8. The van der Waals surface area contributed by atoms with E-state index >= 15 is 0 Å². The lowest BCUT2D eigenvalue weighted by Crippen LogP contribution is -2.56. The molecule has 0 radical (unpaired) electrons. The molecular weight excluding hydrogens is 456 g/mol. The second kappa shape index (κ2) is 7.77. The smallest absolute Gasteiger partial charge is 0.0974 e. The highest BCUT2D eigenvalue weighted by molar-refractivity contribution is 5.82. The number of nitrogens with zero attached hydrogens (tertiary/aromatic N) is 1. The number of aromatic nitrogens is 1. The Morgan fingerprint density at radius 1 is 1.08 bits per heavy atom. The van der Waals surface area contributed by atoms with Gasteiger partial charge in [0.15, 0.2) is 0 Å². The van der Waals surface area contributed by atoms with E-state index in [1.165, 1.54) is 34.8 Å². The number of rotatable bonds is 4. The van der Waals surface area contributed by atoms with Crippen LogP contribution in [0.4, 0.5) is 0 Å². The van der Waals surface area contributed by atoms with Crippen LogP contribution in [0.25, 0.3) is 10.8 Å². The highest BCUT2D eigenvalue weighted by Gasteiger charge is 2.66. The fourth-order valence-electron chi connectivity index (χ4n) is 9.55.